The summed E-state index contributed by atoms with van der Waals surface area (Å²) in [5, 5.41) is 2.15. The Labute approximate surface area is 223 Å². The molecule has 0 spiro atoms. The fourth-order valence-electron chi connectivity index (χ4n) is 3.96. The lowest BCUT2D eigenvalue weighted by molar-refractivity contribution is -0.127. The van der Waals surface area contributed by atoms with Crippen molar-refractivity contribution >= 4 is 40.6 Å². The van der Waals surface area contributed by atoms with Gasteiger partial charge in [-0.3, -0.25) is 19.3 Å². The highest BCUT2D eigenvalue weighted by atomic mass is 32.2. The van der Waals surface area contributed by atoms with Crippen molar-refractivity contribution in [2.24, 2.45) is 0 Å². The van der Waals surface area contributed by atoms with Gasteiger partial charge in [-0.25, -0.2) is 0 Å². The van der Waals surface area contributed by atoms with Crippen LogP contribution >= 0.6 is 11.8 Å². The molecule has 3 aromatic rings. The van der Waals surface area contributed by atoms with E-state index in [1.54, 1.807) is 42.5 Å². The van der Waals surface area contributed by atoms with Gasteiger partial charge in [0.25, 0.3) is 11.1 Å². The van der Waals surface area contributed by atoms with E-state index in [9.17, 15) is 14.4 Å². The van der Waals surface area contributed by atoms with Gasteiger partial charge < -0.3 is 24.3 Å². The van der Waals surface area contributed by atoms with Gasteiger partial charge in [-0.2, -0.15) is 0 Å². The molecule has 5 rings (SSSR count). The molecule has 1 N–H and O–H groups in total. The topological polar surface area (TPSA) is 103 Å². The minimum atomic E-state index is -0.542. The molecule has 0 bridgehead atoms. The minimum Gasteiger partial charge on any atom is -0.493 e. The Bertz CT molecular complexity index is 1450. The zero-order chi connectivity index (χ0) is 26.6. The Kier molecular flexibility index (Phi) is 7.23. The third kappa shape index (κ3) is 5.60. The molecule has 0 aromatic heterocycles. The molecular formula is C28H24N2O7S. The van der Waals surface area contributed by atoms with E-state index in [1.807, 2.05) is 31.2 Å². The van der Waals surface area contributed by atoms with Crippen molar-refractivity contribution in [2.45, 2.75) is 13.5 Å². The molecule has 9 nitrogen and oxygen atoms in total. The molecule has 3 amide bonds. The average Bonchev–Trinajstić information content (AvgIpc) is 3.47. The number of fused-ring (bicyclic) bond motifs is 1. The zero-order valence-corrected chi connectivity index (χ0v) is 21.5. The fraction of sp³-hybridized carbons (Fsp3) is 0.179. The number of imide groups is 1. The minimum absolute atomic E-state index is 0.116. The van der Waals surface area contributed by atoms with Crippen LogP contribution < -0.4 is 24.3 Å². The van der Waals surface area contributed by atoms with E-state index < -0.39 is 23.6 Å². The first-order valence-electron chi connectivity index (χ1n) is 11.7. The number of rotatable bonds is 8. The first-order chi connectivity index (χ1) is 18.4. The van der Waals surface area contributed by atoms with Crippen molar-refractivity contribution in [2.75, 3.05) is 25.8 Å². The molecule has 194 valence electrons. The largest absolute Gasteiger partial charge is 0.493 e. The number of hydrogen-bond donors (Lipinski definition) is 1. The molecule has 38 heavy (non-hydrogen) atoms. The van der Waals surface area contributed by atoms with Gasteiger partial charge in [0.15, 0.2) is 23.0 Å². The van der Waals surface area contributed by atoms with Gasteiger partial charge in [-0.05, 0) is 60.2 Å². The summed E-state index contributed by atoms with van der Waals surface area (Å²) in [4.78, 5) is 39.1. The lowest BCUT2D eigenvalue weighted by Crippen LogP contribution is -2.36. The molecule has 0 radical (unpaired) electrons. The molecule has 3 aromatic carbocycles. The molecule has 2 aliphatic heterocycles. The van der Waals surface area contributed by atoms with Crippen LogP contribution in [0.5, 0.6) is 23.0 Å². The van der Waals surface area contributed by atoms with Crippen LogP contribution in [0, 0.1) is 6.92 Å². The predicted octanol–water partition coefficient (Wildman–Crippen LogP) is 4.99. The number of amides is 3. The van der Waals surface area contributed by atoms with E-state index in [1.165, 1.54) is 7.11 Å². The maximum absolute atomic E-state index is 12.9. The van der Waals surface area contributed by atoms with Crippen LogP contribution in [0.25, 0.3) is 6.08 Å². The molecule has 2 heterocycles. The van der Waals surface area contributed by atoms with Crippen LogP contribution in [0.4, 0.5) is 10.5 Å². The molecular weight excluding hydrogens is 508 g/mol. The van der Waals surface area contributed by atoms with E-state index in [4.69, 9.17) is 18.9 Å². The van der Waals surface area contributed by atoms with E-state index >= 15 is 0 Å². The van der Waals surface area contributed by atoms with E-state index in [0.29, 0.717) is 40.9 Å². The average molecular weight is 533 g/mol. The highest BCUT2D eigenvalue weighted by molar-refractivity contribution is 8.18. The summed E-state index contributed by atoms with van der Waals surface area (Å²) in [5.41, 5.74) is 3.30. The first-order valence-corrected chi connectivity index (χ1v) is 12.5. The quantitative estimate of drug-likeness (QED) is 0.405. The summed E-state index contributed by atoms with van der Waals surface area (Å²) in [7, 11) is 1.53. The summed E-state index contributed by atoms with van der Waals surface area (Å²) in [6, 6.07) is 18.2. The number of benzene rings is 3. The standard InChI is InChI=1S/C28H24N2O7S/c1-17-4-3-5-19(10-17)15-35-21-8-6-18(11-23(21)34-2)12-25-27(32)30(28(33)38-25)14-26(31)29-20-7-9-22-24(13-20)37-16-36-22/h3-13H,14-16H2,1-2H3,(H,29,31)/b25-12-. The third-order valence-corrected chi connectivity index (χ3v) is 6.70. The molecule has 2 aliphatic rings. The van der Waals surface area contributed by atoms with Crippen molar-refractivity contribution in [3.8, 4) is 23.0 Å². The van der Waals surface area contributed by atoms with Gasteiger partial charge in [-0.1, -0.05) is 35.9 Å². The maximum Gasteiger partial charge on any atom is 0.294 e. The molecule has 0 saturated carbocycles. The van der Waals surface area contributed by atoms with Gasteiger partial charge in [0.2, 0.25) is 12.7 Å². The van der Waals surface area contributed by atoms with Crippen LogP contribution in [-0.2, 0) is 16.2 Å². The number of carbonyl (C=O) groups excluding carboxylic acids is 3. The van der Waals surface area contributed by atoms with Crippen LogP contribution in [0.15, 0.2) is 65.6 Å². The summed E-state index contributed by atoms with van der Waals surface area (Å²) >= 11 is 0.778. The monoisotopic (exact) mass is 532 g/mol. The van der Waals surface area contributed by atoms with Crippen LogP contribution in [0.2, 0.25) is 0 Å². The Morgan fingerprint density at radius 2 is 1.89 bits per heavy atom. The first kappa shape index (κ1) is 25.2. The Morgan fingerprint density at radius 3 is 2.71 bits per heavy atom. The van der Waals surface area contributed by atoms with Crippen LogP contribution in [-0.4, -0.2) is 42.4 Å². The summed E-state index contributed by atoms with van der Waals surface area (Å²) < 4.78 is 22.0. The predicted molar refractivity (Wildman–Crippen MR) is 142 cm³/mol. The van der Waals surface area contributed by atoms with E-state index in [-0.39, 0.29) is 11.7 Å². The van der Waals surface area contributed by atoms with Crippen molar-refractivity contribution in [1.29, 1.82) is 0 Å². The number of carbonyl (C=O) groups is 3. The molecule has 0 unspecified atom stereocenters. The summed E-state index contributed by atoms with van der Waals surface area (Å²) in [6.45, 7) is 2.10. The smallest absolute Gasteiger partial charge is 0.294 e. The second-order valence-electron chi connectivity index (χ2n) is 8.57. The molecule has 0 aliphatic carbocycles. The van der Waals surface area contributed by atoms with Crippen molar-refractivity contribution < 1.29 is 33.3 Å². The summed E-state index contributed by atoms with van der Waals surface area (Å²) in [5.74, 6) is 1.09. The van der Waals surface area contributed by atoms with E-state index in [0.717, 1.165) is 27.8 Å². The van der Waals surface area contributed by atoms with Gasteiger partial charge >= 0.3 is 0 Å². The van der Waals surface area contributed by atoms with Crippen molar-refractivity contribution in [1.82, 2.24) is 4.90 Å². The third-order valence-electron chi connectivity index (χ3n) is 5.79. The second kappa shape index (κ2) is 10.9. The van der Waals surface area contributed by atoms with Crippen LogP contribution in [0.1, 0.15) is 16.7 Å². The number of nitrogens with zero attached hydrogens (tertiary/aromatic N) is 1. The molecule has 1 fully saturated rings. The number of anilines is 1. The number of hydrogen-bond acceptors (Lipinski definition) is 8. The van der Waals surface area contributed by atoms with Gasteiger partial charge in [-0.15, -0.1) is 0 Å². The lowest BCUT2D eigenvalue weighted by atomic mass is 10.1. The number of ether oxygens (including phenoxy) is 4. The van der Waals surface area contributed by atoms with Gasteiger partial charge in [0.1, 0.15) is 13.2 Å². The number of thioether (sulfide) groups is 1. The zero-order valence-electron chi connectivity index (χ0n) is 20.7. The second-order valence-corrected chi connectivity index (χ2v) is 9.57. The van der Waals surface area contributed by atoms with Crippen molar-refractivity contribution in [3.05, 3.63) is 82.3 Å². The number of nitrogens with one attached hydrogen (secondary N) is 1. The Morgan fingerprint density at radius 1 is 1.05 bits per heavy atom. The molecule has 10 heteroatoms. The number of methoxy groups -OCH3 is 1. The lowest BCUT2D eigenvalue weighted by Gasteiger charge is -2.13. The van der Waals surface area contributed by atoms with Crippen molar-refractivity contribution in [3.63, 3.8) is 0 Å². The molecule has 1 saturated heterocycles. The highest BCUT2D eigenvalue weighted by Crippen LogP contribution is 2.36. The van der Waals surface area contributed by atoms with Gasteiger partial charge in [0, 0.05) is 11.8 Å². The molecule has 0 atom stereocenters. The SMILES string of the molecule is COc1cc(/C=C2\SC(=O)N(CC(=O)Nc3ccc4c(c3)OCO4)C2=O)ccc1OCc1cccc(C)c1. The fourth-order valence-corrected chi connectivity index (χ4v) is 4.80. The normalized spacial score (nSPS) is 15.2. The maximum atomic E-state index is 12.9. The Hall–Kier alpha value is -4.44. The highest BCUT2D eigenvalue weighted by Gasteiger charge is 2.36. The van der Waals surface area contributed by atoms with E-state index in [2.05, 4.69) is 5.32 Å². The van der Waals surface area contributed by atoms with Crippen LogP contribution in [0.3, 0.4) is 0 Å². The number of aryl methyl sites for hydroxylation is 1. The Balaban J connectivity index is 1.23. The van der Waals surface area contributed by atoms with Gasteiger partial charge in [0.05, 0.1) is 12.0 Å². The summed E-state index contributed by atoms with van der Waals surface area (Å²) in [6.07, 6.45) is 1.59.